The lowest BCUT2D eigenvalue weighted by atomic mass is 10.1. The fraction of sp³-hybridized carbons (Fsp3) is 0.188. The summed E-state index contributed by atoms with van der Waals surface area (Å²) in [5.41, 5.74) is 7.97. The predicted molar refractivity (Wildman–Crippen MR) is 80.9 cm³/mol. The summed E-state index contributed by atoms with van der Waals surface area (Å²) in [6, 6.07) is 15.3. The van der Waals surface area contributed by atoms with E-state index in [0.29, 0.717) is 22.2 Å². The van der Waals surface area contributed by atoms with Crippen LogP contribution in [-0.4, -0.2) is 11.9 Å². The van der Waals surface area contributed by atoms with Crippen LogP contribution in [0.3, 0.4) is 0 Å². The minimum Gasteiger partial charge on any atom is -0.398 e. The maximum absolute atomic E-state index is 12.2. The summed E-state index contributed by atoms with van der Waals surface area (Å²) in [4.78, 5) is 12.2. The largest absolute Gasteiger partial charge is 0.398 e. The van der Waals surface area contributed by atoms with E-state index in [2.05, 4.69) is 17.4 Å². The monoisotopic (exact) mass is 286 g/mol. The SMILES string of the molecule is Nc1cc(Cl)ccc1C(=O)NC1CC1c1ccccc1. The summed E-state index contributed by atoms with van der Waals surface area (Å²) in [6.07, 6.45) is 0.975. The summed E-state index contributed by atoms with van der Waals surface area (Å²) >= 11 is 5.83. The van der Waals surface area contributed by atoms with Crippen LogP contribution in [0.4, 0.5) is 5.69 Å². The quantitative estimate of drug-likeness (QED) is 0.851. The Labute approximate surface area is 122 Å². The van der Waals surface area contributed by atoms with Gasteiger partial charge < -0.3 is 11.1 Å². The molecular weight excluding hydrogens is 272 g/mol. The van der Waals surface area contributed by atoms with Crippen molar-refractivity contribution in [3.05, 3.63) is 64.7 Å². The van der Waals surface area contributed by atoms with Gasteiger partial charge in [0.05, 0.1) is 5.56 Å². The third-order valence-corrected chi connectivity index (χ3v) is 3.83. The van der Waals surface area contributed by atoms with E-state index in [4.69, 9.17) is 17.3 Å². The molecule has 0 aromatic heterocycles. The first kappa shape index (κ1) is 13.0. The van der Waals surface area contributed by atoms with Crippen molar-refractivity contribution in [1.29, 1.82) is 0 Å². The highest BCUT2D eigenvalue weighted by Gasteiger charge is 2.39. The van der Waals surface area contributed by atoms with E-state index in [1.807, 2.05) is 18.2 Å². The van der Waals surface area contributed by atoms with Gasteiger partial charge in [0.2, 0.25) is 0 Å². The zero-order chi connectivity index (χ0) is 14.1. The standard InChI is InChI=1S/C16H15ClN2O/c17-11-6-7-12(14(18)8-11)16(20)19-15-9-13(15)10-4-2-1-3-5-10/h1-8,13,15H,9,18H2,(H,19,20). The first-order valence-electron chi connectivity index (χ1n) is 6.56. The van der Waals surface area contributed by atoms with Crippen molar-refractivity contribution in [2.24, 2.45) is 0 Å². The number of hydrogen-bond acceptors (Lipinski definition) is 2. The molecule has 0 bridgehead atoms. The Kier molecular flexibility index (Phi) is 3.36. The van der Waals surface area contributed by atoms with E-state index in [9.17, 15) is 4.79 Å². The molecule has 0 radical (unpaired) electrons. The second kappa shape index (κ2) is 5.17. The first-order chi connectivity index (χ1) is 9.65. The lowest BCUT2D eigenvalue weighted by molar-refractivity contribution is 0.0951. The van der Waals surface area contributed by atoms with E-state index in [1.165, 1.54) is 5.56 Å². The third-order valence-electron chi connectivity index (χ3n) is 3.59. The number of nitrogens with two attached hydrogens (primary N) is 1. The molecule has 2 atom stereocenters. The Morgan fingerprint density at radius 3 is 2.65 bits per heavy atom. The van der Waals surface area contributed by atoms with Gasteiger partial charge in [-0.15, -0.1) is 0 Å². The molecule has 1 fully saturated rings. The van der Waals surface area contributed by atoms with Crippen molar-refractivity contribution in [3.63, 3.8) is 0 Å². The second-order valence-corrected chi connectivity index (χ2v) is 5.50. The number of carbonyl (C=O) groups excluding carboxylic acids is 1. The van der Waals surface area contributed by atoms with Crippen LogP contribution < -0.4 is 11.1 Å². The van der Waals surface area contributed by atoms with Crippen LogP contribution in [0.15, 0.2) is 48.5 Å². The minimum atomic E-state index is -0.136. The summed E-state index contributed by atoms with van der Waals surface area (Å²) in [6.45, 7) is 0. The van der Waals surface area contributed by atoms with Crippen molar-refractivity contribution in [1.82, 2.24) is 5.32 Å². The summed E-state index contributed by atoms with van der Waals surface area (Å²) in [7, 11) is 0. The lowest BCUT2D eigenvalue weighted by Crippen LogP contribution is -2.27. The molecule has 1 aliphatic rings. The molecule has 3 N–H and O–H groups in total. The van der Waals surface area contributed by atoms with Crippen LogP contribution >= 0.6 is 11.6 Å². The Morgan fingerprint density at radius 2 is 1.95 bits per heavy atom. The van der Waals surface area contributed by atoms with E-state index in [0.717, 1.165) is 6.42 Å². The topological polar surface area (TPSA) is 55.1 Å². The van der Waals surface area contributed by atoms with Gasteiger partial charge in [-0.1, -0.05) is 41.9 Å². The van der Waals surface area contributed by atoms with Gasteiger partial charge in [-0.05, 0) is 30.2 Å². The number of anilines is 1. The maximum atomic E-state index is 12.2. The molecule has 3 nitrogen and oxygen atoms in total. The highest BCUT2D eigenvalue weighted by Crippen LogP contribution is 2.40. The molecule has 1 amide bonds. The molecule has 3 rings (SSSR count). The van der Waals surface area contributed by atoms with Crippen LogP contribution in [0.5, 0.6) is 0 Å². The van der Waals surface area contributed by atoms with Gasteiger partial charge in [0.25, 0.3) is 5.91 Å². The van der Waals surface area contributed by atoms with Crippen LogP contribution in [0.2, 0.25) is 5.02 Å². The van der Waals surface area contributed by atoms with E-state index in [1.54, 1.807) is 18.2 Å². The summed E-state index contributed by atoms with van der Waals surface area (Å²) in [5, 5.41) is 3.55. The van der Waals surface area contributed by atoms with Crippen molar-refractivity contribution in [2.45, 2.75) is 18.4 Å². The molecule has 1 aliphatic carbocycles. The van der Waals surface area contributed by atoms with Crippen LogP contribution in [0.1, 0.15) is 28.3 Å². The van der Waals surface area contributed by atoms with Gasteiger partial charge in [0.15, 0.2) is 0 Å². The summed E-state index contributed by atoms with van der Waals surface area (Å²) in [5.74, 6) is 0.274. The molecule has 102 valence electrons. The zero-order valence-corrected chi connectivity index (χ0v) is 11.6. The number of nitrogen functional groups attached to an aromatic ring is 1. The number of hydrogen-bond donors (Lipinski definition) is 2. The average Bonchev–Trinajstić information content (AvgIpc) is 3.18. The van der Waals surface area contributed by atoms with Crippen molar-refractivity contribution in [2.75, 3.05) is 5.73 Å². The molecule has 0 spiro atoms. The fourth-order valence-corrected chi connectivity index (χ4v) is 2.59. The number of benzene rings is 2. The van der Waals surface area contributed by atoms with Crippen molar-refractivity contribution < 1.29 is 4.79 Å². The van der Waals surface area contributed by atoms with Crippen molar-refractivity contribution in [3.8, 4) is 0 Å². The van der Waals surface area contributed by atoms with Crippen LogP contribution in [0.25, 0.3) is 0 Å². The Morgan fingerprint density at radius 1 is 1.20 bits per heavy atom. The predicted octanol–water partition coefficient (Wildman–Crippen LogP) is 3.21. The summed E-state index contributed by atoms with van der Waals surface area (Å²) < 4.78 is 0. The Hall–Kier alpha value is -2.00. The lowest BCUT2D eigenvalue weighted by Gasteiger charge is -2.07. The molecule has 2 aromatic carbocycles. The highest BCUT2D eigenvalue weighted by molar-refractivity contribution is 6.31. The van der Waals surface area contributed by atoms with Gasteiger partial charge >= 0.3 is 0 Å². The Balaban J connectivity index is 1.66. The van der Waals surface area contributed by atoms with Gasteiger partial charge in [0, 0.05) is 22.7 Å². The smallest absolute Gasteiger partial charge is 0.253 e. The first-order valence-corrected chi connectivity index (χ1v) is 6.94. The molecule has 0 heterocycles. The normalized spacial score (nSPS) is 20.4. The molecule has 2 unspecified atom stereocenters. The molecule has 4 heteroatoms. The van der Waals surface area contributed by atoms with E-state index in [-0.39, 0.29) is 11.9 Å². The number of nitrogens with one attached hydrogen (secondary N) is 1. The van der Waals surface area contributed by atoms with Crippen LogP contribution in [-0.2, 0) is 0 Å². The van der Waals surface area contributed by atoms with Gasteiger partial charge in [-0.2, -0.15) is 0 Å². The highest BCUT2D eigenvalue weighted by atomic mass is 35.5. The molecule has 0 saturated heterocycles. The number of halogens is 1. The van der Waals surface area contributed by atoms with Gasteiger partial charge in [-0.25, -0.2) is 0 Å². The van der Waals surface area contributed by atoms with Gasteiger partial charge in [-0.3, -0.25) is 4.79 Å². The van der Waals surface area contributed by atoms with Crippen molar-refractivity contribution >= 4 is 23.2 Å². The maximum Gasteiger partial charge on any atom is 0.253 e. The number of amides is 1. The molecule has 20 heavy (non-hydrogen) atoms. The third kappa shape index (κ3) is 2.63. The van der Waals surface area contributed by atoms with E-state index >= 15 is 0 Å². The molecule has 2 aromatic rings. The molecule has 0 aliphatic heterocycles. The number of carbonyl (C=O) groups is 1. The van der Waals surface area contributed by atoms with E-state index < -0.39 is 0 Å². The molecule has 1 saturated carbocycles. The molecular formula is C16H15ClN2O. The average molecular weight is 287 g/mol. The fourth-order valence-electron chi connectivity index (χ4n) is 2.41. The zero-order valence-electron chi connectivity index (χ0n) is 10.8. The van der Waals surface area contributed by atoms with Crippen LogP contribution in [0, 0.1) is 0 Å². The Bertz CT molecular complexity index is 642. The number of rotatable bonds is 3. The minimum absolute atomic E-state index is 0.136. The second-order valence-electron chi connectivity index (χ2n) is 5.06. The van der Waals surface area contributed by atoms with Gasteiger partial charge in [0.1, 0.15) is 0 Å².